The van der Waals surface area contributed by atoms with E-state index < -0.39 is 10.0 Å². The first-order valence-corrected chi connectivity index (χ1v) is 6.68. The molecule has 1 aromatic heterocycles. The third-order valence-corrected chi connectivity index (χ3v) is 4.57. The number of piperidine rings is 1. The zero-order chi connectivity index (χ0) is 11.8. The van der Waals surface area contributed by atoms with E-state index in [1.54, 1.807) is 0 Å². The van der Waals surface area contributed by atoms with Crippen molar-refractivity contribution in [3.63, 3.8) is 0 Å². The molecule has 1 fully saturated rings. The maximum atomic E-state index is 12.1. The van der Waals surface area contributed by atoms with Gasteiger partial charge < -0.3 is 5.73 Å². The van der Waals surface area contributed by atoms with E-state index >= 15 is 0 Å². The molecule has 1 aliphatic heterocycles. The van der Waals surface area contributed by atoms with E-state index in [4.69, 9.17) is 5.73 Å². The Morgan fingerprint density at radius 3 is 2.88 bits per heavy atom. The fourth-order valence-corrected chi connectivity index (χ4v) is 3.60. The van der Waals surface area contributed by atoms with Gasteiger partial charge in [-0.25, -0.2) is 8.42 Å². The lowest BCUT2D eigenvalue weighted by atomic mass is 9.99. The van der Waals surface area contributed by atoms with Gasteiger partial charge in [0.05, 0.1) is 6.20 Å². The van der Waals surface area contributed by atoms with Gasteiger partial charge in [0.1, 0.15) is 4.90 Å². The third-order valence-electron chi connectivity index (χ3n) is 2.77. The Hall–Kier alpha value is -0.920. The Kier molecular flexibility index (Phi) is 3.00. The summed E-state index contributed by atoms with van der Waals surface area (Å²) in [7, 11) is -3.42. The normalized spacial score (nSPS) is 28.1. The minimum absolute atomic E-state index is 0.0783. The Balaban J connectivity index is 2.24. The molecule has 0 radical (unpaired) electrons. The molecule has 2 unspecified atom stereocenters. The molecule has 0 amide bonds. The molecule has 3 N–H and O–H groups in total. The smallest absolute Gasteiger partial charge is 0.246 e. The Morgan fingerprint density at radius 1 is 1.56 bits per heavy atom. The second-order valence-electron chi connectivity index (χ2n) is 4.36. The van der Waals surface area contributed by atoms with E-state index in [0.29, 0.717) is 19.0 Å². The van der Waals surface area contributed by atoms with E-state index in [1.165, 1.54) is 16.7 Å². The van der Waals surface area contributed by atoms with Crippen LogP contribution in [0.15, 0.2) is 17.3 Å². The molecule has 0 aromatic carbocycles. The van der Waals surface area contributed by atoms with Crippen molar-refractivity contribution in [2.45, 2.75) is 24.3 Å². The molecule has 0 saturated carbocycles. The van der Waals surface area contributed by atoms with Crippen LogP contribution in [-0.2, 0) is 10.0 Å². The molecule has 2 rings (SSSR count). The number of H-pyrrole nitrogens is 1. The summed E-state index contributed by atoms with van der Waals surface area (Å²) in [6.07, 6.45) is 3.58. The molecule has 0 aliphatic carbocycles. The van der Waals surface area contributed by atoms with E-state index in [9.17, 15) is 8.42 Å². The van der Waals surface area contributed by atoms with E-state index in [0.717, 1.165) is 6.42 Å². The number of rotatable bonds is 2. The van der Waals surface area contributed by atoms with Gasteiger partial charge in [0.15, 0.2) is 0 Å². The number of hydrogen-bond acceptors (Lipinski definition) is 4. The Bertz CT molecular complexity index is 432. The molecular weight excluding hydrogens is 228 g/mol. The summed E-state index contributed by atoms with van der Waals surface area (Å²) < 4.78 is 25.7. The molecule has 0 spiro atoms. The number of aromatic nitrogens is 2. The average molecular weight is 244 g/mol. The van der Waals surface area contributed by atoms with Crippen LogP contribution in [0.1, 0.15) is 13.3 Å². The highest BCUT2D eigenvalue weighted by Crippen LogP contribution is 2.22. The van der Waals surface area contributed by atoms with Crippen molar-refractivity contribution >= 4 is 10.0 Å². The van der Waals surface area contributed by atoms with Crippen molar-refractivity contribution in [3.05, 3.63) is 12.4 Å². The third kappa shape index (κ3) is 2.11. The zero-order valence-corrected chi connectivity index (χ0v) is 9.94. The highest BCUT2D eigenvalue weighted by Gasteiger charge is 2.32. The zero-order valence-electron chi connectivity index (χ0n) is 9.13. The second-order valence-corrected chi connectivity index (χ2v) is 6.29. The summed E-state index contributed by atoms with van der Waals surface area (Å²) in [5.41, 5.74) is 5.84. The minimum Gasteiger partial charge on any atom is -0.326 e. The lowest BCUT2D eigenvalue weighted by Crippen LogP contribution is -2.48. The van der Waals surface area contributed by atoms with E-state index in [2.05, 4.69) is 10.2 Å². The predicted molar refractivity (Wildman–Crippen MR) is 59.1 cm³/mol. The molecule has 0 bridgehead atoms. The SMILES string of the molecule is CC1CC(N)CN(S(=O)(=O)c2cn[nH]c2)C1. The minimum atomic E-state index is -3.42. The van der Waals surface area contributed by atoms with Gasteiger partial charge in [0, 0.05) is 25.3 Å². The number of aromatic amines is 1. The fourth-order valence-electron chi connectivity index (χ4n) is 2.08. The van der Waals surface area contributed by atoms with Crippen LogP contribution in [0.3, 0.4) is 0 Å². The standard InChI is InChI=1S/C9H16N4O2S/c1-7-2-8(10)6-13(5-7)16(14,15)9-3-11-12-4-9/h3-4,7-8H,2,5-6,10H2,1H3,(H,11,12). The van der Waals surface area contributed by atoms with Gasteiger partial charge in [-0.05, 0) is 12.3 Å². The second kappa shape index (κ2) is 4.15. The Morgan fingerprint density at radius 2 is 2.31 bits per heavy atom. The first kappa shape index (κ1) is 11.6. The van der Waals surface area contributed by atoms with E-state index in [1.807, 2.05) is 6.92 Å². The number of nitrogens with two attached hydrogens (primary N) is 1. The topological polar surface area (TPSA) is 92.1 Å². The largest absolute Gasteiger partial charge is 0.326 e. The molecule has 1 aromatic rings. The molecule has 16 heavy (non-hydrogen) atoms. The van der Waals surface area contributed by atoms with Crippen molar-refractivity contribution in [2.75, 3.05) is 13.1 Å². The van der Waals surface area contributed by atoms with Crippen molar-refractivity contribution < 1.29 is 8.42 Å². The van der Waals surface area contributed by atoms with Gasteiger partial charge in [-0.3, -0.25) is 5.10 Å². The van der Waals surface area contributed by atoms with Gasteiger partial charge in [0.2, 0.25) is 10.0 Å². The Labute approximate surface area is 94.9 Å². The molecule has 6 nitrogen and oxygen atoms in total. The lowest BCUT2D eigenvalue weighted by molar-refractivity contribution is 0.254. The van der Waals surface area contributed by atoms with Crippen LogP contribution in [0.4, 0.5) is 0 Å². The number of sulfonamides is 1. The molecule has 2 atom stereocenters. The predicted octanol–water partition coefficient (Wildman–Crippen LogP) is -0.232. The van der Waals surface area contributed by atoms with Crippen LogP contribution in [0.25, 0.3) is 0 Å². The summed E-state index contributed by atoms with van der Waals surface area (Å²) in [5, 5.41) is 6.17. The van der Waals surface area contributed by atoms with Crippen LogP contribution < -0.4 is 5.73 Å². The lowest BCUT2D eigenvalue weighted by Gasteiger charge is -2.33. The molecule has 90 valence electrons. The van der Waals surface area contributed by atoms with Gasteiger partial charge >= 0.3 is 0 Å². The highest BCUT2D eigenvalue weighted by molar-refractivity contribution is 7.89. The summed E-state index contributed by atoms with van der Waals surface area (Å²) in [5.74, 6) is 0.297. The monoisotopic (exact) mass is 244 g/mol. The summed E-state index contributed by atoms with van der Waals surface area (Å²) in [6, 6.07) is -0.0783. The average Bonchev–Trinajstić information content (AvgIpc) is 2.69. The number of nitrogens with one attached hydrogen (secondary N) is 1. The van der Waals surface area contributed by atoms with E-state index in [-0.39, 0.29) is 10.9 Å². The van der Waals surface area contributed by atoms with Gasteiger partial charge in [-0.1, -0.05) is 6.92 Å². The highest BCUT2D eigenvalue weighted by atomic mass is 32.2. The van der Waals surface area contributed by atoms with Gasteiger partial charge in [-0.15, -0.1) is 0 Å². The molecular formula is C9H16N4O2S. The number of hydrogen-bond donors (Lipinski definition) is 2. The molecule has 7 heteroatoms. The van der Waals surface area contributed by atoms with Crippen LogP contribution in [0, 0.1) is 5.92 Å². The quantitative estimate of drug-likeness (QED) is 0.751. The van der Waals surface area contributed by atoms with Gasteiger partial charge in [0.25, 0.3) is 0 Å². The molecule has 1 saturated heterocycles. The number of nitrogens with zero attached hydrogens (tertiary/aromatic N) is 2. The van der Waals surface area contributed by atoms with Gasteiger partial charge in [-0.2, -0.15) is 9.40 Å². The van der Waals surface area contributed by atoms with Crippen LogP contribution in [0.2, 0.25) is 0 Å². The fraction of sp³-hybridized carbons (Fsp3) is 0.667. The van der Waals surface area contributed by atoms with Crippen molar-refractivity contribution in [1.29, 1.82) is 0 Å². The summed E-state index contributed by atoms with van der Waals surface area (Å²) in [6.45, 7) is 2.93. The van der Waals surface area contributed by atoms with Crippen molar-refractivity contribution in [3.8, 4) is 0 Å². The van der Waals surface area contributed by atoms with Crippen LogP contribution >= 0.6 is 0 Å². The van der Waals surface area contributed by atoms with Crippen LogP contribution in [0.5, 0.6) is 0 Å². The summed E-state index contributed by atoms with van der Waals surface area (Å²) in [4.78, 5) is 0.203. The van der Waals surface area contributed by atoms with Crippen LogP contribution in [-0.4, -0.2) is 42.1 Å². The first-order valence-electron chi connectivity index (χ1n) is 5.24. The van der Waals surface area contributed by atoms with Crippen molar-refractivity contribution in [2.24, 2.45) is 11.7 Å². The maximum absolute atomic E-state index is 12.1. The van der Waals surface area contributed by atoms with Crippen molar-refractivity contribution in [1.82, 2.24) is 14.5 Å². The first-order chi connectivity index (χ1) is 7.50. The maximum Gasteiger partial charge on any atom is 0.246 e. The summed E-state index contributed by atoms with van der Waals surface area (Å²) >= 11 is 0. The molecule has 2 heterocycles. The molecule has 1 aliphatic rings.